The minimum Gasteiger partial charge on any atom is -0.540 e. The molecular weight excluding hydrogens is 455 g/mol. The van der Waals surface area contributed by atoms with Gasteiger partial charge in [0.1, 0.15) is 41.0 Å². The SMILES string of the molecule is CCCc1c(OC(Oc2cccc(NC(=O)C(=O)[O-])c2C#N)C(C)O)ccc(C(C)=O)c1O.[Na+]. The van der Waals surface area contributed by atoms with Crippen molar-refractivity contribution >= 4 is 23.3 Å². The minimum absolute atomic E-state index is 0. The van der Waals surface area contributed by atoms with E-state index in [1.165, 1.54) is 44.2 Å². The van der Waals surface area contributed by atoms with E-state index in [1.807, 2.05) is 18.3 Å². The number of carboxylic acid groups (broad SMARTS) is 1. The van der Waals surface area contributed by atoms with Crippen molar-refractivity contribution in [3.8, 4) is 23.3 Å². The minimum atomic E-state index is -1.98. The Morgan fingerprint density at radius 3 is 2.35 bits per heavy atom. The fraction of sp³-hybridized carbons (Fsp3) is 0.304. The molecular formula is C23H23N2NaO8. The van der Waals surface area contributed by atoms with Crippen LogP contribution in [0.1, 0.15) is 48.7 Å². The monoisotopic (exact) mass is 478 g/mol. The number of nitriles is 1. The number of nitrogens with zero attached hydrogens (tertiary/aromatic N) is 1. The molecule has 0 fully saturated rings. The summed E-state index contributed by atoms with van der Waals surface area (Å²) >= 11 is 0. The van der Waals surface area contributed by atoms with Crippen molar-refractivity contribution in [2.75, 3.05) is 5.32 Å². The molecule has 0 aliphatic carbocycles. The molecule has 174 valence electrons. The number of phenols is 1. The van der Waals surface area contributed by atoms with Crippen LogP contribution in [0.25, 0.3) is 0 Å². The van der Waals surface area contributed by atoms with E-state index in [1.54, 1.807) is 0 Å². The summed E-state index contributed by atoms with van der Waals surface area (Å²) in [6.07, 6.45) is -1.57. The van der Waals surface area contributed by atoms with Gasteiger partial charge in [0.2, 0.25) is 0 Å². The Balaban J connectivity index is 0.00000578. The number of carbonyl (C=O) groups excluding carboxylic acids is 3. The summed E-state index contributed by atoms with van der Waals surface area (Å²) in [6.45, 7) is 4.57. The molecule has 0 spiro atoms. The van der Waals surface area contributed by atoms with Crippen molar-refractivity contribution in [2.45, 2.75) is 46.0 Å². The van der Waals surface area contributed by atoms with Gasteiger partial charge in [-0.25, -0.2) is 0 Å². The van der Waals surface area contributed by atoms with E-state index in [0.717, 1.165) is 0 Å². The van der Waals surface area contributed by atoms with Crippen LogP contribution in [-0.2, 0) is 16.0 Å². The van der Waals surface area contributed by atoms with Crippen LogP contribution < -0.4 is 49.5 Å². The van der Waals surface area contributed by atoms with Gasteiger partial charge in [-0.05, 0) is 44.5 Å². The molecule has 34 heavy (non-hydrogen) atoms. The standard InChI is InChI=1S/C23H24N2O8.Na/c1-4-6-15-19(10-9-14(12(2)26)20(15)28)33-23(13(3)27)32-18-8-5-7-17(16(18)11-24)25-21(29)22(30)31;/h5,7-10,13,23,27-28H,4,6H2,1-3H3,(H,25,29)(H,30,31);/q;+1/p-1. The molecule has 0 aromatic heterocycles. The van der Waals surface area contributed by atoms with Crippen LogP contribution in [0.15, 0.2) is 30.3 Å². The van der Waals surface area contributed by atoms with E-state index < -0.39 is 24.3 Å². The molecule has 0 saturated heterocycles. The van der Waals surface area contributed by atoms with Crippen LogP contribution in [0.2, 0.25) is 0 Å². The molecule has 0 saturated carbocycles. The number of ether oxygens (including phenoxy) is 2. The summed E-state index contributed by atoms with van der Waals surface area (Å²) in [5.74, 6) is -3.90. The fourth-order valence-corrected chi connectivity index (χ4v) is 3.00. The van der Waals surface area contributed by atoms with Gasteiger partial charge >= 0.3 is 29.6 Å². The van der Waals surface area contributed by atoms with Gasteiger partial charge in [-0.2, -0.15) is 5.26 Å². The van der Waals surface area contributed by atoms with E-state index in [-0.39, 0.29) is 69.4 Å². The van der Waals surface area contributed by atoms with Crippen LogP contribution in [-0.4, -0.2) is 40.3 Å². The van der Waals surface area contributed by atoms with E-state index in [0.29, 0.717) is 18.4 Å². The van der Waals surface area contributed by atoms with Crippen LogP contribution >= 0.6 is 0 Å². The number of benzene rings is 2. The van der Waals surface area contributed by atoms with E-state index in [9.17, 15) is 35.0 Å². The topological polar surface area (TPSA) is 169 Å². The largest absolute Gasteiger partial charge is 1.00 e. The van der Waals surface area contributed by atoms with E-state index >= 15 is 0 Å². The second-order valence-electron chi connectivity index (χ2n) is 7.12. The maximum Gasteiger partial charge on any atom is 1.00 e. The molecule has 10 nitrogen and oxygen atoms in total. The third-order valence-corrected chi connectivity index (χ3v) is 4.57. The fourth-order valence-electron chi connectivity index (χ4n) is 3.00. The van der Waals surface area contributed by atoms with Gasteiger partial charge in [0.15, 0.2) is 5.78 Å². The van der Waals surface area contributed by atoms with E-state index in [4.69, 9.17) is 9.47 Å². The molecule has 3 N–H and O–H groups in total. The molecule has 2 rings (SSSR count). The Kier molecular flexibility index (Phi) is 11.0. The number of carbonyl (C=O) groups is 3. The Bertz CT molecular complexity index is 1110. The first kappa shape index (κ1) is 28.9. The number of aliphatic hydroxyl groups excluding tert-OH is 1. The van der Waals surface area contributed by atoms with Gasteiger partial charge in [-0.1, -0.05) is 19.4 Å². The first-order valence-corrected chi connectivity index (χ1v) is 10.0. The van der Waals surface area contributed by atoms with Crippen LogP contribution in [0.5, 0.6) is 17.2 Å². The number of carboxylic acids is 1. The molecule has 2 atom stereocenters. The third-order valence-electron chi connectivity index (χ3n) is 4.57. The Labute approximate surface area is 218 Å². The Hall–Kier alpha value is -3.10. The number of ketones is 1. The summed E-state index contributed by atoms with van der Waals surface area (Å²) in [5, 5.41) is 43.0. The average Bonchev–Trinajstić information content (AvgIpc) is 2.75. The first-order chi connectivity index (χ1) is 15.6. The molecule has 0 aliphatic rings. The van der Waals surface area contributed by atoms with Gasteiger partial charge < -0.3 is 34.9 Å². The van der Waals surface area contributed by atoms with Crippen LogP contribution in [0.3, 0.4) is 0 Å². The maximum absolute atomic E-state index is 11.8. The number of amides is 1. The van der Waals surface area contributed by atoms with Gasteiger partial charge in [-0.3, -0.25) is 9.59 Å². The summed E-state index contributed by atoms with van der Waals surface area (Å²) in [4.78, 5) is 33.9. The molecule has 2 aromatic carbocycles. The normalized spacial score (nSPS) is 11.9. The number of hydrogen-bond acceptors (Lipinski definition) is 9. The first-order valence-electron chi connectivity index (χ1n) is 10.0. The average molecular weight is 478 g/mol. The molecule has 0 aliphatic heterocycles. The third kappa shape index (κ3) is 6.95. The number of phenolic OH excluding ortho intramolecular Hbond substituents is 1. The van der Waals surface area contributed by atoms with Crippen LogP contribution in [0.4, 0.5) is 5.69 Å². The summed E-state index contributed by atoms with van der Waals surface area (Å²) in [6, 6.07) is 8.74. The molecule has 0 bridgehead atoms. The molecule has 1 amide bonds. The maximum atomic E-state index is 11.8. The number of aromatic hydroxyl groups is 1. The second-order valence-corrected chi connectivity index (χ2v) is 7.12. The summed E-state index contributed by atoms with van der Waals surface area (Å²) in [7, 11) is 0. The molecule has 2 aromatic rings. The van der Waals surface area contributed by atoms with Gasteiger partial charge in [0.25, 0.3) is 12.2 Å². The van der Waals surface area contributed by atoms with E-state index in [2.05, 4.69) is 0 Å². The zero-order valence-corrected chi connectivity index (χ0v) is 21.2. The number of anilines is 1. The predicted molar refractivity (Wildman–Crippen MR) is 114 cm³/mol. The van der Waals surface area contributed by atoms with Gasteiger partial charge in [0, 0.05) is 5.56 Å². The van der Waals surface area contributed by atoms with Crippen LogP contribution in [0, 0.1) is 11.3 Å². The smallest absolute Gasteiger partial charge is 0.540 e. The number of nitrogens with one attached hydrogen (secondary N) is 1. The molecule has 11 heteroatoms. The predicted octanol–water partition coefficient (Wildman–Crippen LogP) is -1.72. The van der Waals surface area contributed by atoms with Crippen molar-refractivity contribution in [3.63, 3.8) is 0 Å². The zero-order chi connectivity index (χ0) is 24.7. The molecule has 0 heterocycles. The van der Waals surface area contributed by atoms with Crippen molar-refractivity contribution < 1.29 is 68.7 Å². The molecule has 2 unspecified atom stereocenters. The quantitative estimate of drug-likeness (QED) is 0.164. The Morgan fingerprint density at radius 2 is 1.82 bits per heavy atom. The summed E-state index contributed by atoms with van der Waals surface area (Å²) < 4.78 is 11.5. The second kappa shape index (κ2) is 13.0. The molecule has 0 radical (unpaired) electrons. The summed E-state index contributed by atoms with van der Waals surface area (Å²) in [5.41, 5.74) is 0.145. The van der Waals surface area contributed by atoms with Gasteiger partial charge in [0.05, 0.1) is 11.3 Å². The van der Waals surface area contributed by atoms with Crippen molar-refractivity contribution in [1.82, 2.24) is 0 Å². The van der Waals surface area contributed by atoms with Crippen molar-refractivity contribution in [3.05, 3.63) is 47.0 Å². The number of aliphatic carboxylic acids is 1. The number of hydrogen-bond donors (Lipinski definition) is 3. The Morgan fingerprint density at radius 1 is 1.18 bits per heavy atom. The van der Waals surface area contributed by atoms with Crippen molar-refractivity contribution in [1.29, 1.82) is 5.26 Å². The number of Topliss-reactive ketones (excluding diaryl/α,β-unsaturated/α-hetero) is 1. The number of rotatable bonds is 9. The zero-order valence-electron chi connectivity index (χ0n) is 19.2. The van der Waals surface area contributed by atoms with Gasteiger partial charge in [-0.15, -0.1) is 0 Å². The number of aliphatic hydroxyl groups is 1. The van der Waals surface area contributed by atoms with Crippen molar-refractivity contribution in [2.24, 2.45) is 0 Å².